The maximum absolute atomic E-state index is 8.55. The molecule has 0 N–H and O–H groups in total. The van der Waals surface area contributed by atoms with Crippen LogP contribution in [0.1, 0.15) is 0 Å². The van der Waals surface area contributed by atoms with Crippen LogP contribution in [0, 0.1) is 0 Å². The molecule has 0 rings (SSSR count). The van der Waals surface area contributed by atoms with Crippen LogP contribution in [0.5, 0.6) is 0 Å². The van der Waals surface area contributed by atoms with Gasteiger partial charge in [0.1, 0.15) is 0 Å². The van der Waals surface area contributed by atoms with Crippen LogP contribution in [0.25, 0.3) is 0 Å². The molecule has 10 heteroatoms. The molecule has 0 aromatic carbocycles. The fourth-order valence-electron chi connectivity index (χ4n) is 0. The Morgan fingerprint density at radius 3 is 0.500 bits per heavy atom. The van der Waals surface area contributed by atoms with Crippen molar-refractivity contribution >= 4 is 15.6 Å². The lowest BCUT2D eigenvalue weighted by Gasteiger charge is -2.36. The molecule has 16 heavy (non-hydrogen) atoms. The monoisotopic (exact) mass is 274 g/mol. The molecule has 0 bridgehead atoms. The predicted molar refractivity (Wildman–Crippen MR) is 49.0 cm³/mol. The minimum absolute atomic E-state index is 3.00. The maximum atomic E-state index is 8.55. The molecule has 0 heterocycles. The Hall–Kier alpha value is -0.560. The van der Waals surface area contributed by atoms with Crippen molar-refractivity contribution in [2.24, 2.45) is 0 Å². The topological polar surface area (TPSA) is 172 Å². The molecule has 0 amide bonds. The molecule has 0 saturated heterocycles. The van der Waals surface area contributed by atoms with Gasteiger partial charge in [-0.25, -0.2) is 0 Å². The molecular weight excluding hydrogens is 262 g/mol. The van der Waals surface area contributed by atoms with Gasteiger partial charge in [0, 0.05) is 0 Å². The molecule has 0 aromatic rings. The highest BCUT2D eigenvalue weighted by atomic mass is 31.2. The van der Waals surface area contributed by atoms with Crippen molar-refractivity contribution in [3.8, 4) is 0 Å². The minimum Gasteiger partial charge on any atom is -0.822 e. The smallest absolute Gasteiger partial charge is 0.106 e. The fourth-order valence-corrected chi connectivity index (χ4v) is 0. The highest BCUT2D eigenvalue weighted by Gasteiger charge is 1.45. The van der Waals surface area contributed by atoms with Crippen LogP contribution < -0.4 is 29.4 Å². The van der Waals surface area contributed by atoms with Crippen molar-refractivity contribution in [1.82, 2.24) is 0 Å². The van der Waals surface area contributed by atoms with Gasteiger partial charge in [-0.1, -0.05) is 0 Å². The van der Waals surface area contributed by atoms with E-state index < -0.39 is 15.6 Å². The van der Waals surface area contributed by atoms with E-state index in [0.29, 0.717) is 0 Å². The molecule has 8 nitrogen and oxygen atoms in total. The first-order valence-electron chi connectivity index (χ1n) is 2.96. The zero-order valence-electron chi connectivity index (χ0n) is 8.40. The maximum Gasteiger partial charge on any atom is -0.106 e. The Labute approximate surface area is 94.4 Å². The van der Waals surface area contributed by atoms with Crippen molar-refractivity contribution in [1.29, 1.82) is 0 Å². The molecule has 0 fully saturated rings. The average molecular weight is 274 g/mol. The zero-order valence-corrected chi connectivity index (χ0v) is 10.2. The summed E-state index contributed by atoms with van der Waals surface area (Å²) in [5.74, 6) is 0. The highest BCUT2D eigenvalue weighted by molar-refractivity contribution is 7.40. The van der Waals surface area contributed by atoms with Crippen molar-refractivity contribution in [3.05, 3.63) is 39.5 Å². The number of phosphoric acid groups is 2. The fraction of sp³-hybridized carbons (Fsp3) is 0. The van der Waals surface area contributed by atoms with E-state index in [2.05, 4.69) is 39.5 Å². The molecular formula is C6H12O8P2-6. The SMILES string of the molecule is C=C.C=C.C=C.O=P([O-])([O-])[O-].O=P([O-])([O-])[O-]. The van der Waals surface area contributed by atoms with E-state index in [9.17, 15) is 0 Å². The van der Waals surface area contributed by atoms with E-state index >= 15 is 0 Å². The average Bonchev–Trinajstić information content (AvgIpc) is 2.08. The van der Waals surface area contributed by atoms with E-state index in [-0.39, 0.29) is 0 Å². The normalized spacial score (nSPS) is 8.12. The van der Waals surface area contributed by atoms with Crippen molar-refractivity contribution in [2.75, 3.05) is 0 Å². The van der Waals surface area contributed by atoms with E-state index in [1.165, 1.54) is 0 Å². The van der Waals surface area contributed by atoms with Crippen molar-refractivity contribution < 1.29 is 38.5 Å². The minimum atomic E-state index is -5.39. The van der Waals surface area contributed by atoms with Crippen LogP contribution in [-0.2, 0) is 9.13 Å². The second-order valence-electron chi connectivity index (χ2n) is 0.894. The molecule has 0 aliphatic carbocycles. The summed E-state index contributed by atoms with van der Waals surface area (Å²) in [5, 5.41) is 0. The first-order chi connectivity index (χ1) is 7.00. The zero-order chi connectivity index (χ0) is 15.0. The molecule has 0 saturated carbocycles. The Balaban J connectivity index is -0.0000000345. The Morgan fingerprint density at radius 1 is 0.500 bits per heavy atom. The van der Waals surface area contributed by atoms with E-state index in [1.54, 1.807) is 0 Å². The summed E-state index contributed by atoms with van der Waals surface area (Å²) < 4.78 is 17.1. The standard InChI is InChI=1S/3C2H4.2H3O4P/c3*1-2;2*1-5(2,3)4/h3*1-2H2;2*(H3,1,2,3,4)/p-6. The highest BCUT2D eigenvalue weighted by Crippen LogP contribution is 2.03. The lowest BCUT2D eigenvalue weighted by molar-refractivity contribution is -0.434. The van der Waals surface area contributed by atoms with Gasteiger partial charge >= 0.3 is 0 Å². The van der Waals surface area contributed by atoms with Gasteiger partial charge in [0.05, 0.1) is 0 Å². The van der Waals surface area contributed by atoms with Gasteiger partial charge in [0.2, 0.25) is 0 Å². The van der Waals surface area contributed by atoms with Crippen LogP contribution >= 0.6 is 15.6 Å². The van der Waals surface area contributed by atoms with Crippen LogP contribution in [-0.4, -0.2) is 0 Å². The first kappa shape index (κ1) is 29.5. The van der Waals surface area contributed by atoms with Gasteiger partial charge in [0.15, 0.2) is 0 Å². The number of rotatable bonds is 0. The third kappa shape index (κ3) is 6630. The second-order valence-corrected chi connectivity index (χ2v) is 2.68. The molecule has 100 valence electrons. The first-order valence-corrected chi connectivity index (χ1v) is 5.88. The molecule has 0 radical (unpaired) electrons. The summed E-state index contributed by atoms with van der Waals surface area (Å²) in [7, 11) is -10.8. The largest absolute Gasteiger partial charge is 0.822 e. The molecule has 0 atom stereocenters. The van der Waals surface area contributed by atoms with Gasteiger partial charge in [-0.05, 0) is 0 Å². The number of hydrogen-bond donors (Lipinski definition) is 0. The summed E-state index contributed by atoms with van der Waals surface area (Å²) in [5.41, 5.74) is 0. The molecule has 0 aliphatic rings. The van der Waals surface area contributed by atoms with Crippen molar-refractivity contribution in [3.63, 3.8) is 0 Å². The van der Waals surface area contributed by atoms with Gasteiger partial charge in [-0.2, -0.15) is 15.6 Å². The van der Waals surface area contributed by atoms with E-state index in [0.717, 1.165) is 0 Å². The van der Waals surface area contributed by atoms with Crippen LogP contribution in [0.15, 0.2) is 39.5 Å². The van der Waals surface area contributed by atoms with Crippen LogP contribution in [0.4, 0.5) is 0 Å². The molecule has 0 unspecified atom stereocenters. The summed E-state index contributed by atoms with van der Waals surface area (Å²) in [4.78, 5) is 51.3. The second kappa shape index (κ2) is 19.9. The van der Waals surface area contributed by atoms with E-state index in [4.69, 9.17) is 38.5 Å². The van der Waals surface area contributed by atoms with Crippen LogP contribution in [0.2, 0.25) is 0 Å². The molecule has 0 spiro atoms. The Bertz CT molecular complexity index is 165. The van der Waals surface area contributed by atoms with Gasteiger partial charge in [-0.3, -0.25) is 0 Å². The molecule has 0 aromatic heterocycles. The lowest BCUT2D eigenvalue weighted by Crippen LogP contribution is -2.24. The Kier molecular flexibility index (Phi) is 36.8. The van der Waals surface area contributed by atoms with E-state index in [1.807, 2.05) is 0 Å². The Morgan fingerprint density at radius 2 is 0.500 bits per heavy atom. The molecule has 0 aliphatic heterocycles. The summed E-state index contributed by atoms with van der Waals surface area (Å²) >= 11 is 0. The third-order valence-electron chi connectivity index (χ3n) is 0. The quantitative estimate of drug-likeness (QED) is 0.327. The number of hydrogen-bond acceptors (Lipinski definition) is 8. The van der Waals surface area contributed by atoms with Crippen molar-refractivity contribution in [2.45, 2.75) is 0 Å². The predicted octanol–water partition coefficient (Wildman–Crippen LogP) is -3.24. The third-order valence-corrected chi connectivity index (χ3v) is 0. The van der Waals surface area contributed by atoms with Gasteiger partial charge in [0.25, 0.3) is 0 Å². The van der Waals surface area contributed by atoms with Gasteiger partial charge < -0.3 is 38.5 Å². The summed E-state index contributed by atoms with van der Waals surface area (Å²) in [6.07, 6.45) is 0. The van der Waals surface area contributed by atoms with Gasteiger partial charge in [-0.15, -0.1) is 39.5 Å². The summed E-state index contributed by atoms with van der Waals surface area (Å²) in [6.45, 7) is 18.0. The van der Waals surface area contributed by atoms with Crippen LogP contribution in [0.3, 0.4) is 0 Å². The summed E-state index contributed by atoms with van der Waals surface area (Å²) in [6, 6.07) is 0. The lowest BCUT2D eigenvalue weighted by atomic mass is 11.3.